The van der Waals surface area contributed by atoms with Crippen LogP contribution in [-0.2, 0) is 6.42 Å². The minimum Gasteiger partial charge on any atom is -0.456 e. The molecule has 0 saturated carbocycles. The third-order valence-corrected chi connectivity index (χ3v) is 8.87. The molecule has 214 valence electrons. The van der Waals surface area contributed by atoms with Gasteiger partial charge in [-0.25, -0.2) is 0 Å². The van der Waals surface area contributed by atoms with E-state index < -0.39 is 0 Å². The molecule has 0 aliphatic carbocycles. The Bertz CT molecular complexity index is 2780. The Balaban J connectivity index is 1.26. The second-order valence-electron chi connectivity index (χ2n) is 11.4. The Morgan fingerprint density at radius 2 is 1.18 bits per heavy atom. The highest BCUT2D eigenvalue weighted by molar-refractivity contribution is 6.13. The molecule has 9 rings (SSSR count). The van der Waals surface area contributed by atoms with E-state index in [4.69, 9.17) is 13.3 Å². The monoisotopic (exact) mass is 584 g/mol. The van der Waals surface area contributed by atoms with Gasteiger partial charge in [-0.2, -0.15) is 0 Å². The van der Waals surface area contributed by atoms with E-state index in [1.807, 2.05) is 60.7 Å². The zero-order valence-corrected chi connectivity index (χ0v) is 24.2. The van der Waals surface area contributed by atoms with Crippen molar-refractivity contribution in [1.29, 1.82) is 0 Å². The highest BCUT2D eigenvalue weighted by Gasteiger charge is 2.19. The summed E-state index contributed by atoms with van der Waals surface area (Å²) < 4.78 is 19.1. The topological polar surface area (TPSA) is 73.6 Å². The molecule has 45 heavy (non-hydrogen) atoms. The van der Waals surface area contributed by atoms with Crippen LogP contribution < -0.4 is 10.9 Å². The summed E-state index contributed by atoms with van der Waals surface area (Å²) in [6.07, 6.45) is 0.831. The summed E-state index contributed by atoms with van der Waals surface area (Å²) in [5, 5.41) is 3.52. The summed E-state index contributed by atoms with van der Waals surface area (Å²) in [5.74, 6) is 0. The van der Waals surface area contributed by atoms with E-state index in [1.165, 1.54) is 0 Å². The van der Waals surface area contributed by atoms with Crippen molar-refractivity contribution < 1.29 is 13.3 Å². The van der Waals surface area contributed by atoms with Crippen molar-refractivity contribution in [1.82, 2.24) is 0 Å². The Morgan fingerprint density at radius 3 is 1.93 bits per heavy atom. The van der Waals surface area contributed by atoms with Crippen LogP contribution in [0.1, 0.15) is 12.5 Å². The third kappa shape index (κ3) is 3.74. The van der Waals surface area contributed by atoms with E-state index in [0.29, 0.717) is 32.9 Å². The first-order valence-electron chi connectivity index (χ1n) is 15.0. The first kappa shape index (κ1) is 25.5. The summed E-state index contributed by atoms with van der Waals surface area (Å²) in [6.45, 7) is 2.05. The van der Waals surface area contributed by atoms with Gasteiger partial charge in [-0.3, -0.25) is 9.59 Å². The molecule has 0 unspecified atom stereocenters. The van der Waals surface area contributed by atoms with Gasteiger partial charge in [0.2, 0.25) is 10.9 Å². The minimum atomic E-state index is -0.218. The SMILES string of the molecule is CCc1ccc2c(=O)c3c(ccc4c(=O)c5cc(-c6cccc7c6oc6c(-c8ccccc8)cccc67)ccc5oc43)oc2c1. The molecule has 0 saturated heterocycles. The fourth-order valence-corrected chi connectivity index (χ4v) is 6.57. The van der Waals surface area contributed by atoms with Crippen molar-refractivity contribution in [3.63, 3.8) is 0 Å². The molecule has 0 fully saturated rings. The van der Waals surface area contributed by atoms with Crippen molar-refractivity contribution in [2.45, 2.75) is 13.3 Å². The molecule has 0 radical (unpaired) electrons. The molecule has 5 heteroatoms. The fraction of sp³-hybridized carbons (Fsp3) is 0.0500. The average Bonchev–Trinajstić information content (AvgIpc) is 3.47. The largest absolute Gasteiger partial charge is 0.456 e. The minimum absolute atomic E-state index is 0.209. The second-order valence-corrected chi connectivity index (χ2v) is 11.4. The van der Waals surface area contributed by atoms with Gasteiger partial charge in [0, 0.05) is 21.9 Å². The van der Waals surface area contributed by atoms with Crippen molar-refractivity contribution in [3.8, 4) is 22.3 Å². The Hall–Kier alpha value is -5.94. The lowest BCUT2D eigenvalue weighted by Gasteiger charge is -2.08. The van der Waals surface area contributed by atoms with Crippen molar-refractivity contribution in [2.75, 3.05) is 0 Å². The summed E-state index contributed by atoms with van der Waals surface area (Å²) in [5.41, 5.74) is 7.58. The molecular weight excluding hydrogens is 560 g/mol. The van der Waals surface area contributed by atoms with Crippen LogP contribution in [0.15, 0.2) is 138 Å². The van der Waals surface area contributed by atoms with Crippen LogP contribution in [-0.4, -0.2) is 0 Å². The zero-order valence-electron chi connectivity index (χ0n) is 24.2. The van der Waals surface area contributed by atoms with Gasteiger partial charge < -0.3 is 13.3 Å². The maximum Gasteiger partial charge on any atom is 0.204 e. The summed E-state index contributed by atoms with van der Waals surface area (Å²) in [4.78, 5) is 27.6. The Morgan fingerprint density at radius 1 is 0.467 bits per heavy atom. The lowest BCUT2D eigenvalue weighted by Crippen LogP contribution is -2.07. The van der Waals surface area contributed by atoms with E-state index in [0.717, 1.165) is 56.2 Å². The smallest absolute Gasteiger partial charge is 0.204 e. The summed E-state index contributed by atoms with van der Waals surface area (Å²) >= 11 is 0. The van der Waals surface area contributed by atoms with Crippen LogP contribution in [0.2, 0.25) is 0 Å². The molecule has 0 aliphatic rings. The molecule has 0 bridgehead atoms. The number of furan rings is 1. The molecular formula is C40H24O5. The number of benzene rings is 6. The van der Waals surface area contributed by atoms with Crippen molar-refractivity contribution in [3.05, 3.63) is 141 Å². The second kappa shape index (κ2) is 9.53. The number of fused-ring (bicyclic) bond motifs is 8. The van der Waals surface area contributed by atoms with Crippen molar-refractivity contribution in [2.24, 2.45) is 0 Å². The third-order valence-electron chi connectivity index (χ3n) is 8.87. The Labute approximate surface area is 255 Å². The van der Waals surface area contributed by atoms with Crippen LogP contribution in [0.4, 0.5) is 0 Å². The van der Waals surface area contributed by atoms with Gasteiger partial charge in [-0.1, -0.05) is 85.8 Å². The number of para-hydroxylation sites is 2. The van der Waals surface area contributed by atoms with Gasteiger partial charge in [-0.05, 0) is 59.5 Å². The lowest BCUT2D eigenvalue weighted by atomic mass is 9.99. The van der Waals surface area contributed by atoms with Crippen LogP contribution in [0.3, 0.4) is 0 Å². The zero-order chi connectivity index (χ0) is 30.2. The van der Waals surface area contributed by atoms with Crippen LogP contribution >= 0.6 is 0 Å². The molecule has 0 atom stereocenters. The molecule has 0 spiro atoms. The average molecular weight is 585 g/mol. The molecule has 3 heterocycles. The normalized spacial score (nSPS) is 11.9. The Kier molecular flexibility index (Phi) is 5.41. The molecule has 0 amide bonds. The van der Waals surface area contributed by atoms with Gasteiger partial charge in [0.1, 0.15) is 33.3 Å². The van der Waals surface area contributed by atoms with Crippen LogP contribution in [0, 0.1) is 0 Å². The summed E-state index contributed by atoms with van der Waals surface area (Å²) in [6, 6.07) is 37.0. The predicted molar refractivity (Wildman–Crippen MR) is 181 cm³/mol. The molecule has 0 N–H and O–H groups in total. The van der Waals surface area contributed by atoms with Gasteiger partial charge in [0.25, 0.3) is 0 Å². The predicted octanol–water partition coefficient (Wildman–Crippen LogP) is 10.0. The van der Waals surface area contributed by atoms with Crippen LogP contribution in [0.5, 0.6) is 0 Å². The molecule has 6 aromatic carbocycles. The summed E-state index contributed by atoms with van der Waals surface area (Å²) in [7, 11) is 0. The highest BCUT2D eigenvalue weighted by Crippen LogP contribution is 2.40. The van der Waals surface area contributed by atoms with E-state index in [9.17, 15) is 9.59 Å². The molecule has 3 aromatic heterocycles. The molecule has 0 aliphatic heterocycles. The van der Waals surface area contributed by atoms with Crippen LogP contribution in [0.25, 0.3) is 88.1 Å². The highest BCUT2D eigenvalue weighted by atomic mass is 16.3. The van der Waals surface area contributed by atoms with E-state index >= 15 is 0 Å². The van der Waals surface area contributed by atoms with E-state index in [-0.39, 0.29) is 21.8 Å². The van der Waals surface area contributed by atoms with E-state index in [1.54, 1.807) is 24.3 Å². The quantitative estimate of drug-likeness (QED) is 0.153. The van der Waals surface area contributed by atoms with Gasteiger partial charge in [-0.15, -0.1) is 0 Å². The number of hydrogen-bond donors (Lipinski definition) is 0. The van der Waals surface area contributed by atoms with Gasteiger partial charge in [0.15, 0.2) is 5.58 Å². The lowest BCUT2D eigenvalue weighted by molar-refractivity contribution is 0.649. The number of hydrogen-bond acceptors (Lipinski definition) is 5. The number of aryl methyl sites for hydroxylation is 1. The maximum atomic E-state index is 14.0. The molecule has 9 aromatic rings. The van der Waals surface area contributed by atoms with Crippen molar-refractivity contribution >= 4 is 65.8 Å². The molecule has 5 nitrogen and oxygen atoms in total. The number of rotatable bonds is 3. The van der Waals surface area contributed by atoms with Gasteiger partial charge >= 0.3 is 0 Å². The first-order valence-corrected chi connectivity index (χ1v) is 15.0. The standard InChI is InChI=1S/C40H24O5/c1-2-22-14-16-29-34(20-22)43-33-19-17-30-36(41)31-21-24(15-18-32(31)44-40(30)35(33)37(29)42)26-11-7-13-28-27-12-6-10-25(38(27)45-39(26)28)23-8-4-3-5-9-23/h3-21H,2H2,1H3. The fourth-order valence-electron chi connectivity index (χ4n) is 6.57. The van der Waals surface area contributed by atoms with E-state index in [2.05, 4.69) is 37.3 Å². The first-order chi connectivity index (χ1) is 22.1. The maximum absolute atomic E-state index is 14.0. The van der Waals surface area contributed by atoms with Gasteiger partial charge in [0.05, 0.1) is 16.2 Å².